The van der Waals surface area contributed by atoms with Crippen molar-refractivity contribution in [1.29, 1.82) is 0 Å². The zero-order valence-electron chi connectivity index (χ0n) is 12.5. The van der Waals surface area contributed by atoms with Crippen molar-refractivity contribution in [2.24, 2.45) is 0 Å². The Morgan fingerprint density at radius 1 is 1.30 bits per heavy atom. The lowest BCUT2D eigenvalue weighted by Crippen LogP contribution is -2.04. The molecule has 1 aromatic carbocycles. The molecule has 1 aliphatic carbocycles. The van der Waals surface area contributed by atoms with Crippen molar-refractivity contribution in [2.75, 3.05) is 7.11 Å². The van der Waals surface area contributed by atoms with Crippen molar-refractivity contribution in [3.63, 3.8) is 0 Å². The molecule has 2 N–H and O–H groups in total. The molecule has 23 heavy (non-hydrogen) atoms. The maximum absolute atomic E-state index is 12.2. The minimum atomic E-state index is -0.402. The van der Waals surface area contributed by atoms with Crippen molar-refractivity contribution in [3.05, 3.63) is 41.6 Å². The highest BCUT2D eigenvalue weighted by molar-refractivity contribution is 6.05. The molecule has 6 nitrogen and oxygen atoms in total. The Bertz CT molecular complexity index is 895. The predicted octanol–water partition coefficient (Wildman–Crippen LogP) is 2.99. The normalized spacial score (nSPS) is 14.1. The van der Waals surface area contributed by atoms with Crippen LogP contribution in [0.5, 0.6) is 5.75 Å². The molecule has 2 heterocycles. The number of esters is 1. The molecule has 6 heteroatoms. The third-order valence-electron chi connectivity index (χ3n) is 4.09. The Morgan fingerprint density at radius 2 is 2.04 bits per heavy atom. The number of nitrogens with zero attached hydrogens (tertiary/aromatic N) is 2. The van der Waals surface area contributed by atoms with E-state index in [1.165, 1.54) is 7.11 Å². The summed E-state index contributed by atoms with van der Waals surface area (Å²) in [5.74, 6) is 0.176. The highest BCUT2D eigenvalue weighted by Crippen LogP contribution is 2.43. The van der Waals surface area contributed by atoms with Gasteiger partial charge in [-0.1, -0.05) is 0 Å². The molecule has 0 aliphatic heterocycles. The number of rotatable bonds is 3. The van der Waals surface area contributed by atoms with Gasteiger partial charge in [0.1, 0.15) is 5.75 Å². The number of phenolic OH excluding ortho intramolecular Hbond substituents is 1. The van der Waals surface area contributed by atoms with Crippen LogP contribution in [0.4, 0.5) is 0 Å². The number of hydrogen-bond acceptors (Lipinski definition) is 5. The minimum absolute atomic E-state index is 0.181. The highest BCUT2D eigenvalue weighted by Gasteiger charge is 2.31. The summed E-state index contributed by atoms with van der Waals surface area (Å²) in [7, 11) is 1.37. The molecule has 1 fully saturated rings. The number of aromatic hydroxyl groups is 1. The number of aromatic amines is 1. The monoisotopic (exact) mass is 309 g/mol. The number of methoxy groups -OCH3 is 1. The number of carbonyl (C=O) groups is 1. The summed E-state index contributed by atoms with van der Waals surface area (Å²) in [6, 6.07) is 8.40. The van der Waals surface area contributed by atoms with Crippen LogP contribution in [0, 0.1) is 0 Å². The number of hydrogen-bond donors (Lipinski definition) is 2. The first-order valence-electron chi connectivity index (χ1n) is 7.44. The molecule has 0 bridgehead atoms. The van der Waals surface area contributed by atoms with Gasteiger partial charge in [-0.3, -0.25) is 5.10 Å². The molecule has 0 saturated heterocycles. The lowest BCUT2D eigenvalue weighted by atomic mass is 10.0. The fourth-order valence-electron chi connectivity index (χ4n) is 2.76. The first-order valence-corrected chi connectivity index (χ1v) is 7.44. The summed E-state index contributed by atoms with van der Waals surface area (Å²) in [4.78, 5) is 16.8. The van der Waals surface area contributed by atoms with Gasteiger partial charge in [-0.2, -0.15) is 5.10 Å². The molecule has 0 atom stereocenters. The SMILES string of the molecule is COC(=O)c1cc(-c2ccc(O)cc2)nc2[nH]nc(C3CC3)c12. The van der Waals surface area contributed by atoms with E-state index in [0.29, 0.717) is 22.8 Å². The predicted molar refractivity (Wildman–Crippen MR) is 84.3 cm³/mol. The number of benzene rings is 1. The van der Waals surface area contributed by atoms with E-state index in [-0.39, 0.29) is 5.75 Å². The van der Waals surface area contributed by atoms with E-state index in [1.807, 2.05) is 0 Å². The summed E-state index contributed by atoms with van der Waals surface area (Å²) in [6.07, 6.45) is 2.17. The first-order chi connectivity index (χ1) is 11.2. The molecule has 4 rings (SSSR count). The topological polar surface area (TPSA) is 88.1 Å². The summed E-state index contributed by atoms with van der Waals surface area (Å²) >= 11 is 0. The van der Waals surface area contributed by atoms with E-state index < -0.39 is 5.97 Å². The van der Waals surface area contributed by atoms with Gasteiger partial charge in [0, 0.05) is 11.5 Å². The molecule has 0 amide bonds. The van der Waals surface area contributed by atoms with Crippen molar-refractivity contribution < 1.29 is 14.6 Å². The Balaban J connectivity index is 1.94. The second kappa shape index (κ2) is 5.08. The third-order valence-corrected chi connectivity index (χ3v) is 4.09. The molecule has 3 aromatic rings. The van der Waals surface area contributed by atoms with Crippen LogP contribution in [-0.4, -0.2) is 33.4 Å². The third kappa shape index (κ3) is 2.32. The average Bonchev–Trinajstić information content (AvgIpc) is 3.33. The summed E-state index contributed by atoms with van der Waals surface area (Å²) < 4.78 is 4.93. The standard InChI is InChI=1S/C17H15N3O3/c1-23-17(22)12-8-13(9-4-6-11(21)7-5-9)18-16-14(12)15(19-20-16)10-2-3-10/h4-8,10,21H,2-3H2,1H3,(H,18,19,20). The maximum atomic E-state index is 12.2. The molecule has 0 spiro atoms. The zero-order valence-corrected chi connectivity index (χ0v) is 12.5. The number of carbonyl (C=O) groups excluding carboxylic acids is 1. The fourth-order valence-corrected chi connectivity index (χ4v) is 2.76. The minimum Gasteiger partial charge on any atom is -0.508 e. The summed E-state index contributed by atoms with van der Waals surface area (Å²) in [5, 5.41) is 17.4. The number of H-pyrrole nitrogens is 1. The first kappa shape index (κ1) is 13.8. The molecule has 0 unspecified atom stereocenters. The Morgan fingerprint density at radius 3 is 2.70 bits per heavy atom. The van der Waals surface area contributed by atoms with E-state index in [9.17, 15) is 9.90 Å². The summed E-state index contributed by atoms with van der Waals surface area (Å²) in [6.45, 7) is 0. The lowest BCUT2D eigenvalue weighted by Gasteiger charge is -2.07. The van der Waals surface area contributed by atoms with Gasteiger partial charge in [-0.15, -0.1) is 0 Å². The van der Waals surface area contributed by atoms with E-state index in [1.54, 1.807) is 30.3 Å². The van der Waals surface area contributed by atoms with Crippen LogP contribution < -0.4 is 0 Å². The quantitative estimate of drug-likeness (QED) is 0.726. The van der Waals surface area contributed by atoms with Gasteiger partial charge in [0.25, 0.3) is 0 Å². The second-order valence-electron chi connectivity index (χ2n) is 5.70. The molecule has 1 saturated carbocycles. The van der Waals surface area contributed by atoms with E-state index >= 15 is 0 Å². The van der Waals surface area contributed by atoms with E-state index in [2.05, 4.69) is 15.2 Å². The van der Waals surface area contributed by atoms with Crippen molar-refractivity contribution in [2.45, 2.75) is 18.8 Å². The lowest BCUT2D eigenvalue weighted by molar-refractivity contribution is 0.0603. The Kier molecular flexibility index (Phi) is 3.04. The molecule has 0 radical (unpaired) electrons. The van der Waals surface area contributed by atoms with Gasteiger partial charge in [-0.25, -0.2) is 9.78 Å². The largest absolute Gasteiger partial charge is 0.508 e. The van der Waals surface area contributed by atoms with Crippen molar-refractivity contribution >= 4 is 17.0 Å². The van der Waals surface area contributed by atoms with Crippen LogP contribution in [0.15, 0.2) is 30.3 Å². The molecule has 1 aliphatic rings. The number of nitrogens with one attached hydrogen (secondary N) is 1. The molecule has 116 valence electrons. The average molecular weight is 309 g/mol. The van der Waals surface area contributed by atoms with Gasteiger partial charge in [0.05, 0.1) is 29.4 Å². The maximum Gasteiger partial charge on any atom is 0.338 e. The van der Waals surface area contributed by atoms with Crippen LogP contribution in [0.2, 0.25) is 0 Å². The Hall–Kier alpha value is -2.89. The smallest absolute Gasteiger partial charge is 0.338 e. The van der Waals surface area contributed by atoms with Gasteiger partial charge < -0.3 is 9.84 Å². The number of pyridine rings is 1. The van der Waals surface area contributed by atoms with E-state index in [4.69, 9.17) is 4.74 Å². The van der Waals surface area contributed by atoms with Crippen molar-refractivity contribution in [1.82, 2.24) is 15.2 Å². The van der Waals surface area contributed by atoms with Gasteiger partial charge in [-0.05, 0) is 43.2 Å². The van der Waals surface area contributed by atoms with Crippen LogP contribution in [0.3, 0.4) is 0 Å². The fraction of sp³-hybridized carbons (Fsp3) is 0.235. The van der Waals surface area contributed by atoms with Crippen LogP contribution >= 0.6 is 0 Å². The number of phenols is 1. The molecular weight excluding hydrogens is 294 g/mol. The second-order valence-corrected chi connectivity index (χ2v) is 5.70. The highest BCUT2D eigenvalue weighted by atomic mass is 16.5. The number of fused-ring (bicyclic) bond motifs is 1. The van der Waals surface area contributed by atoms with Crippen LogP contribution in [0.1, 0.15) is 34.8 Å². The van der Waals surface area contributed by atoms with Crippen LogP contribution in [-0.2, 0) is 4.74 Å². The number of ether oxygens (including phenoxy) is 1. The van der Waals surface area contributed by atoms with Crippen molar-refractivity contribution in [3.8, 4) is 17.0 Å². The van der Waals surface area contributed by atoms with Gasteiger partial charge >= 0.3 is 5.97 Å². The molecule has 2 aromatic heterocycles. The van der Waals surface area contributed by atoms with E-state index in [0.717, 1.165) is 29.5 Å². The van der Waals surface area contributed by atoms with Gasteiger partial charge in [0.15, 0.2) is 5.65 Å². The zero-order chi connectivity index (χ0) is 16.0. The summed E-state index contributed by atoms with van der Waals surface area (Å²) in [5.41, 5.74) is 3.38. The molecular formula is C17H15N3O3. The van der Waals surface area contributed by atoms with Gasteiger partial charge in [0.2, 0.25) is 0 Å². The van der Waals surface area contributed by atoms with Crippen LogP contribution in [0.25, 0.3) is 22.3 Å². The Labute approximate surface area is 132 Å². The number of aromatic nitrogens is 3.